The van der Waals surface area contributed by atoms with Crippen molar-refractivity contribution in [2.75, 3.05) is 19.6 Å². The predicted octanol–water partition coefficient (Wildman–Crippen LogP) is 4.64. The number of amides is 1. The van der Waals surface area contributed by atoms with E-state index in [1.807, 2.05) is 30.3 Å². The molecule has 2 aliphatic heterocycles. The van der Waals surface area contributed by atoms with E-state index < -0.39 is 16.0 Å². The minimum atomic E-state index is -3.68. The number of hydrogen-bond acceptors (Lipinski definition) is 7. The molecule has 5 rings (SSSR count). The van der Waals surface area contributed by atoms with Gasteiger partial charge < -0.3 is 5.11 Å². The predicted molar refractivity (Wildman–Crippen MR) is 158 cm³/mol. The number of para-hydroxylation sites is 1. The van der Waals surface area contributed by atoms with E-state index in [0.29, 0.717) is 45.1 Å². The van der Waals surface area contributed by atoms with Crippen LogP contribution >= 0.6 is 24.0 Å². The van der Waals surface area contributed by atoms with Gasteiger partial charge in [0.25, 0.3) is 5.91 Å². The zero-order valence-electron chi connectivity index (χ0n) is 21.8. The zero-order chi connectivity index (χ0) is 28.4. The summed E-state index contributed by atoms with van der Waals surface area (Å²) in [6.45, 7) is 3.11. The van der Waals surface area contributed by atoms with Gasteiger partial charge in [-0.25, -0.2) is 13.1 Å². The number of aromatic nitrogens is 2. The molecule has 0 atom stereocenters. The molecule has 3 aromatic rings. The van der Waals surface area contributed by atoms with Crippen LogP contribution in [-0.2, 0) is 19.6 Å². The van der Waals surface area contributed by atoms with Gasteiger partial charge >= 0.3 is 5.97 Å². The summed E-state index contributed by atoms with van der Waals surface area (Å²) in [7, 11) is -3.68. The van der Waals surface area contributed by atoms with Crippen LogP contribution < -0.4 is 0 Å². The fourth-order valence-electron chi connectivity index (χ4n) is 4.65. The van der Waals surface area contributed by atoms with E-state index in [1.54, 1.807) is 41.2 Å². The summed E-state index contributed by atoms with van der Waals surface area (Å²) in [6, 6.07) is 16.2. The number of sulfonamides is 1. The molecule has 2 saturated heterocycles. The molecular formula is C28H28N4O5S3. The van der Waals surface area contributed by atoms with Crippen LogP contribution in [0.3, 0.4) is 0 Å². The van der Waals surface area contributed by atoms with Gasteiger partial charge in [-0.15, -0.1) is 0 Å². The van der Waals surface area contributed by atoms with Crippen molar-refractivity contribution in [1.29, 1.82) is 0 Å². The van der Waals surface area contributed by atoms with Gasteiger partial charge in [0.05, 0.1) is 21.9 Å². The summed E-state index contributed by atoms with van der Waals surface area (Å²) in [5.74, 6) is -0.886. The summed E-state index contributed by atoms with van der Waals surface area (Å²) in [5.41, 5.74) is 2.49. The van der Waals surface area contributed by atoms with Crippen molar-refractivity contribution in [2.45, 2.75) is 31.1 Å². The number of carboxylic acids is 1. The Morgan fingerprint density at radius 1 is 1.15 bits per heavy atom. The summed E-state index contributed by atoms with van der Waals surface area (Å²) < 4.78 is 30.5. The highest BCUT2D eigenvalue weighted by Crippen LogP contribution is 2.35. The van der Waals surface area contributed by atoms with Crippen molar-refractivity contribution < 1.29 is 23.1 Å². The quantitative estimate of drug-likeness (QED) is 0.296. The highest BCUT2D eigenvalue weighted by molar-refractivity contribution is 8.26. The molecule has 0 radical (unpaired) electrons. The van der Waals surface area contributed by atoms with Crippen LogP contribution in [0.15, 0.2) is 70.6 Å². The molecule has 1 amide bonds. The maximum Gasteiger partial charge on any atom is 0.305 e. The molecule has 2 fully saturated rings. The lowest BCUT2D eigenvalue weighted by molar-refractivity contribution is -0.137. The average Bonchev–Trinajstić information content (AvgIpc) is 3.48. The first-order valence-electron chi connectivity index (χ1n) is 12.9. The average molecular weight is 597 g/mol. The maximum absolute atomic E-state index is 13.5. The van der Waals surface area contributed by atoms with Gasteiger partial charge in [-0.3, -0.25) is 14.5 Å². The van der Waals surface area contributed by atoms with E-state index in [4.69, 9.17) is 22.4 Å². The Balaban J connectivity index is 1.54. The first kappa shape index (κ1) is 28.2. The van der Waals surface area contributed by atoms with Gasteiger partial charge in [0, 0.05) is 37.0 Å². The second-order valence-corrected chi connectivity index (χ2v) is 13.4. The summed E-state index contributed by atoms with van der Waals surface area (Å²) in [6.07, 6.45) is 4.90. The third kappa shape index (κ3) is 5.90. The summed E-state index contributed by atoms with van der Waals surface area (Å²) in [4.78, 5) is 25.9. The van der Waals surface area contributed by atoms with Crippen LogP contribution in [-0.4, -0.2) is 68.3 Å². The maximum atomic E-state index is 13.5. The number of piperidine rings is 1. The van der Waals surface area contributed by atoms with Crippen molar-refractivity contribution in [3.8, 4) is 16.9 Å². The van der Waals surface area contributed by atoms with Crippen LogP contribution in [0.2, 0.25) is 0 Å². The van der Waals surface area contributed by atoms with Gasteiger partial charge in [-0.05, 0) is 49.1 Å². The normalized spacial score (nSPS) is 18.1. The first-order valence-corrected chi connectivity index (χ1v) is 15.5. The number of thioether (sulfide) groups is 1. The molecule has 0 saturated carbocycles. The molecule has 2 aromatic carbocycles. The Kier molecular flexibility index (Phi) is 8.22. The Bertz CT molecular complexity index is 1590. The summed E-state index contributed by atoms with van der Waals surface area (Å²) in [5, 5.41) is 13.8. The monoisotopic (exact) mass is 596 g/mol. The molecule has 3 heterocycles. The first-order chi connectivity index (χ1) is 19.1. The lowest BCUT2D eigenvalue weighted by Crippen LogP contribution is -2.37. The van der Waals surface area contributed by atoms with Crippen LogP contribution in [0.4, 0.5) is 0 Å². The minimum Gasteiger partial charge on any atom is -0.481 e. The van der Waals surface area contributed by atoms with E-state index in [9.17, 15) is 18.0 Å². The van der Waals surface area contributed by atoms with Crippen LogP contribution in [0.1, 0.15) is 31.7 Å². The molecule has 0 bridgehead atoms. The largest absolute Gasteiger partial charge is 0.481 e. The third-order valence-electron chi connectivity index (χ3n) is 6.96. The molecule has 1 N–H and O–H groups in total. The minimum absolute atomic E-state index is 0.0113. The number of benzene rings is 2. The van der Waals surface area contributed by atoms with E-state index in [1.165, 1.54) is 9.21 Å². The standard InChI is InChI=1S/C28H28N4O5S3/c1-19-10-13-30(14-11-19)40(36,37)23-9-5-6-20(16-23)26-21(18-32(29-26)22-7-3-2-4-8-22)17-24-27(35)31(28(38)39-24)15-12-25(33)34/h2-9,16-19H,10-15H2,1H3,(H,33,34)/b24-17-. The number of carboxylic acid groups (broad SMARTS) is 1. The number of carbonyl (C=O) groups is 2. The van der Waals surface area contributed by atoms with E-state index in [0.717, 1.165) is 30.3 Å². The second-order valence-electron chi connectivity index (χ2n) is 9.80. The van der Waals surface area contributed by atoms with E-state index in [2.05, 4.69) is 6.92 Å². The molecule has 0 aliphatic carbocycles. The lowest BCUT2D eigenvalue weighted by Gasteiger charge is -2.29. The molecule has 0 spiro atoms. The Hall–Kier alpha value is -3.32. The fourth-order valence-corrected chi connectivity index (χ4v) is 7.47. The Labute approximate surface area is 242 Å². The van der Waals surface area contributed by atoms with Crippen molar-refractivity contribution in [3.63, 3.8) is 0 Å². The van der Waals surface area contributed by atoms with Gasteiger partial charge in [0.2, 0.25) is 10.0 Å². The molecular weight excluding hydrogens is 569 g/mol. The highest BCUT2D eigenvalue weighted by atomic mass is 32.2. The van der Waals surface area contributed by atoms with Gasteiger partial charge in [0.1, 0.15) is 10.0 Å². The van der Waals surface area contributed by atoms with E-state index >= 15 is 0 Å². The Morgan fingerprint density at radius 2 is 1.88 bits per heavy atom. The molecule has 0 unspecified atom stereocenters. The van der Waals surface area contributed by atoms with Crippen molar-refractivity contribution in [2.24, 2.45) is 5.92 Å². The highest BCUT2D eigenvalue weighted by Gasteiger charge is 2.33. The number of thiocarbonyl (C=S) groups is 1. The zero-order valence-corrected chi connectivity index (χ0v) is 24.2. The second kappa shape index (κ2) is 11.7. The molecule has 9 nitrogen and oxygen atoms in total. The topological polar surface area (TPSA) is 113 Å². The summed E-state index contributed by atoms with van der Waals surface area (Å²) >= 11 is 6.44. The number of hydrogen-bond donors (Lipinski definition) is 1. The fraction of sp³-hybridized carbons (Fsp3) is 0.286. The molecule has 2 aliphatic rings. The van der Waals surface area contributed by atoms with Crippen LogP contribution in [0, 0.1) is 5.92 Å². The van der Waals surface area contributed by atoms with E-state index in [-0.39, 0.29) is 23.8 Å². The third-order valence-corrected chi connectivity index (χ3v) is 10.2. The molecule has 40 heavy (non-hydrogen) atoms. The number of aliphatic carboxylic acids is 1. The molecule has 12 heteroatoms. The van der Waals surface area contributed by atoms with Gasteiger partial charge in [-0.2, -0.15) is 9.40 Å². The smallest absolute Gasteiger partial charge is 0.305 e. The number of rotatable bonds is 8. The lowest BCUT2D eigenvalue weighted by atomic mass is 10.0. The van der Waals surface area contributed by atoms with Gasteiger partial charge in [-0.1, -0.05) is 61.2 Å². The number of carbonyl (C=O) groups excluding carboxylic acids is 1. The van der Waals surface area contributed by atoms with Crippen LogP contribution in [0.25, 0.3) is 23.0 Å². The van der Waals surface area contributed by atoms with Crippen molar-refractivity contribution >= 4 is 56.3 Å². The SMILES string of the molecule is CC1CCN(S(=O)(=O)c2cccc(-c3nn(-c4ccccc4)cc3/C=C3\SC(=S)N(CCC(=O)O)C3=O)c2)CC1. The van der Waals surface area contributed by atoms with Gasteiger partial charge in [0.15, 0.2) is 0 Å². The van der Waals surface area contributed by atoms with Crippen molar-refractivity contribution in [1.82, 2.24) is 19.0 Å². The molecule has 1 aromatic heterocycles. The van der Waals surface area contributed by atoms with Crippen LogP contribution in [0.5, 0.6) is 0 Å². The Morgan fingerprint density at radius 3 is 2.58 bits per heavy atom. The molecule has 208 valence electrons. The van der Waals surface area contributed by atoms with Crippen molar-refractivity contribution in [3.05, 3.63) is 71.3 Å². The number of nitrogens with zero attached hydrogens (tertiary/aromatic N) is 4.